The van der Waals surface area contributed by atoms with Gasteiger partial charge >= 0.3 is 0 Å². The summed E-state index contributed by atoms with van der Waals surface area (Å²) in [5.74, 6) is 0.776. The smallest absolute Gasteiger partial charge is 0.244 e. The summed E-state index contributed by atoms with van der Waals surface area (Å²) < 4.78 is 4.96. The SMILES string of the molecule is CCNC(=NCC(=O)N1CCCC1)NCCOC.I. The molecular formula is C12H25IN4O2. The van der Waals surface area contributed by atoms with E-state index in [1.54, 1.807) is 7.11 Å². The number of hydrogen-bond donors (Lipinski definition) is 2. The first-order valence-corrected chi connectivity index (χ1v) is 6.56. The van der Waals surface area contributed by atoms with Crippen LogP contribution in [-0.4, -0.2) is 63.2 Å². The number of likely N-dealkylation sites (tertiary alicyclic amines) is 1. The van der Waals surface area contributed by atoms with E-state index >= 15 is 0 Å². The van der Waals surface area contributed by atoms with Crippen LogP contribution < -0.4 is 10.6 Å². The molecule has 1 heterocycles. The number of carbonyl (C=O) groups is 1. The maximum atomic E-state index is 11.8. The molecular weight excluding hydrogens is 359 g/mol. The van der Waals surface area contributed by atoms with E-state index in [9.17, 15) is 4.79 Å². The number of amides is 1. The molecule has 0 aromatic carbocycles. The Balaban J connectivity index is 0.00000324. The fraction of sp³-hybridized carbons (Fsp3) is 0.833. The van der Waals surface area contributed by atoms with Gasteiger partial charge in [-0.2, -0.15) is 0 Å². The van der Waals surface area contributed by atoms with Crippen molar-refractivity contribution in [2.24, 2.45) is 4.99 Å². The number of guanidine groups is 1. The van der Waals surface area contributed by atoms with Crippen LogP contribution in [0.2, 0.25) is 0 Å². The van der Waals surface area contributed by atoms with E-state index in [-0.39, 0.29) is 36.4 Å². The summed E-state index contributed by atoms with van der Waals surface area (Å²) in [5, 5.41) is 6.21. The van der Waals surface area contributed by atoms with Crippen molar-refractivity contribution in [1.29, 1.82) is 0 Å². The average molecular weight is 384 g/mol. The Morgan fingerprint density at radius 1 is 1.32 bits per heavy atom. The Bertz CT molecular complexity index is 281. The third-order valence-corrected chi connectivity index (χ3v) is 2.77. The molecule has 7 heteroatoms. The van der Waals surface area contributed by atoms with Gasteiger partial charge in [-0.3, -0.25) is 4.79 Å². The van der Waals surface area contributed by atoms with Crippen molar-refractivity contribution in [2.75, 3.05) is 46.4 Å². The molecule has 0 spiro atoms. The number of rotatable bonds is 6. The van der Waals surface area contributed by atoms with Gasteiger partial charge in [0.05, 0.1) is 6.61 Å². The van der Waals surface area contributed by atoms with Gasteiger partial charge in [0.15, 0.2) is 5.96 Å². The largest absolute Gasteiger partial charge is 0.383 e. The number of carbonyl (C=O) groups excluding carboxylic acids is 1. The minimum absolute atomic E-state index is 0. The molecule has 0 aromatic rings. The summed E-state index contributed by atoms with van der Waals surface area (Å²) in [6.45, 7) is 6.03. The number of ether oxygens (including phenoxy) is 1. The van der Waals surface area contributed by atoms with E-state index in [2.05, 4.69) is 15.6 Å². The molecule has 0 unspecified atom stereocenters. The van der Waals surface area contributed by atoms with E-state index in [0.717, 1.165) is 32.5 Å². The number of halogens is 1. The number of nitrogens with zero attached hydrogens (tertiary/aromatic N) is 2. The molecule has 0 radical (unpaired) electrons. The summed E-state index contributed by atoms with van der Waals surface area (Å²) in [6.07, 6.45) is 2.23. The molecule has 0 saturated carbocycles. The molecule has 1 saturated heterocycles. The average Bonchev–Trinajstić information content (AvgIpc) is 2.89. The molecule has 2 N–H and O–H groups in total. The summed E-state index contributed by atoms with van der Waals surface area (Å²) >= 11 is 0. The first-order valence-electron chi connectivity index (χ1n) is 6.56. The lowest BCUT2D eigenvalue weighted by molar-refractivity contribution is -0.128. The molecule has 0 aromatic heterocycles. The van der Waals surface area contributed by atoms with Crippen LogP contribution in [0.25, 0.3) is 0 Å². The van der Waals surface area contributed by atoms with E-state index in [0.29, 0.717) is 19.1 Å². The molecule has 1 aliphatic heterocycles. The van der Waals surface area contributed by atoms with Gasteiger partial charge in [-0.25, -0.2) is 4.99 Å². The van der Waals surface area contributed by atoms with Crippen LogP contribution >= 0.6 is 24.0 Å². The maximum Gasteiger partial charge on any atom is 0.244 e. The van der Waals surface area contributed by atoms with E-state index in [4.69, 9.17) is 4.74 Å². The van der Waals surface area contributed by atoms with Crippen LogP contribution in [0.15, 0.2) is 4.99 Å². The van der Waals surface area contributed by atoms with Crippen LogP contribution in [-0.2, 0) is 9.53 Å². The van der Waals surface area contributed by atoms with E-state index in [1.165, 1.54) is 0 Å². The highest BCUT2D eigenvalue weighted by molar-refractivity contribution is 14.0. The molecule has 19 heavy (non-hydrogen) atoms. The topological polar surface area (TPSA) is 66.0 Å². The molecule has 1 fully saturated rings. The molecule has 1 rings (SSSR count). The normalized spacial score (nSPS) is 15.1. The van der Waals surface area contributed by atoms with Gasteiger partial charge in [-0.05, 0) is 19.8 Å². The highest BCUT2D eigenvalue weighted by Gasteiger charge is 2.17. The second kappa shape index (κ2) is 11.3. The lowest BCUT2D eigenvalue weighted by Gasteiger charge is -2.15. The van der Waals surface area contributed by atoms with Crippen molar-refractivity contribution in [3.8, 4) is 0 Å². The van der Waals surface area contributed by atoms with Gasteiger partial charge in [-0.15, -0.1) is 24.0 Å². The minimum atomic E-state index is 0. The van der Waals surface area contributed by atoms with Crippen LogP contribution in [0.5, 0.6) is 0 Å². The van der Waals surface area contributed by atoms with Crippen molar-refractivity contribution in [3.63, 3.8) is 0 Å². The van der Waals surface area contributed by atoms with Crippen LogP contribution in [0.4, 0.5) is 0 Å². The summed E-state index contributed by atoms with van der Waals surface area (Å²) in [6, 6.07) is 0. The zero-order chi connectivity index (χ0) is 13.2. The quantitative estimate of drug-likeness (QED) is 0.302. The Hall–Kier alpha value is -0.570. The van der Waals surface area contributed by atoms with Crippen LogP contribution in [0.3, 0.4) is 0 Å². The maximum absolute atomic E-state index is 11.8. The number of hydrogen-bond acceptors (Lipinski definition) is 3. The molecule has 1 amide bonds. The summed E-state index contributed by atoms with van der Waals surface area (Å²) in [5.41, 5.74) is 0. The van der Waals surface area contributed by atoms with Gasteiger partial charge in [0.1, 0.15) is 6.54 Å². The predicted octanol–water partition coefficient (Wildman–Crippen LogP) is 0.428. The molecule has 112 valence electrons. The highest BCUT2D eigenvalue weighted by Crippen LogP contribution is 2.07. The van der Waals surface area contributed by atoms with E-state index < -0.39 is 0 Å². The van der Waals surface area contributed by atoms with Crippen LogP contribution in [0.1, 0.15) is 19.8 Å². The third kappa shape index (κ3) is 7.56. The van der Waals surface area contributed by atoms with E-state index in [1.807, 2.05) is 11.8 Å². The van der Waals surface area contributed by atoms with Crippen molar-refractivity contribution in [1.82, 2.24) is 15.5 Å². The van der Waals surface area contributed by atoms with Gasteiger partial charge < -0.3 is 20.3 Å². The lowest BCUT2D eigenvalue weighted by Crippen LogP contribution is -2.40. The van der Waals surface area contributed by atoms with Crippen LogP contribution in [0, 0.1) is 0 Å². The Kier molecular flexibility index (Phi) is 10.9. The fourth-order valence-electron chi connectivity index (χ4n) is 1.83. The fourth-order valence-corrected chi connectivity index (χ4v) is 1.83. The zero-order valence-corrected chi connectivity index (χ0v) is 14.1. The molecule has 0 atom stereocenters. The Morgan fingerprint density at radius 3 is 2.58 bits per heavy atom. The first kappa shape index (κ1) is 18.4. The second-order valence-electron chi connectivity index (χ2n) is 4.20. The standard InChI is InChI=1S/C12H24N4O2.HI/c1-3-13-12(14-6-9-18-2)15-10-11(17)16-7-4-5-8-16;/h3-10H2,1-2H3,(H2,13,14,15);1H. The van der Waals surface area contributed by atoms with Crippen molar-refractivity contribution in [2.45, 2.75) is 19.8 Å². The molecule has 6 nitrogen and oxygen atoms in total. The second-order valence-corrected chi connectivity index (χ2v) is 4.20. The predicted molar refractivity (Wildman–Crippen MR) is 87.1 cm³/mol. The van der Waals surface area contributed by atoms with Gasteiger partial charge in [0.25, 0.3) is 0 Å². The minimum Gasteiger partial charge on any atom is -0.383 e. The van der Waals surface area contributed by atoms with Gasteiger partial charge in [0, 0.05) is 33.3 Å². The Morgan fingerprint density at radius 2 is 2.00 bits per heavy atom. The molecule has 0 bridgehead atoms. The summed E-state index contributed by atoms with van der Waals surface area (Å²) in [7, 11) is 1.66. The van der Waals surface area contributed by atoms with Crippen molar-refractivity contribution >= 4 is 35.8 Å². The first-order chi connectivity index (χ1) is 8.77. The molecule has 0 aliphatic carbocycles. The number of aliphatic imine (C=N–C) groups is 1. The van der Waals surface area contributed by atoms with Crippen molar-refractivity contribution < 1.29 is 9.53 Å². The van der Waals surface area contributed by atoms with Gasteiger partial charge in [-0.1, -0.05) is 0 Å². The van der Waals surface area contributed by atoms with Crippen molar-refractivity contribution in [3.05, 3.63) is 0 Å². The third-order valence-electron chi connectivity index (χ3n) is 2.77. The zero-order valence-electron chi connectivity index (χ0n) is 11.8. The highest BCUT2D eigenvalue weighted by atomic mass is 127. The monoisotopic (exact) mass is 384 g/mol. The number of nitrogens with one attached hydrogen (secondary N) is 2. The summed E-state index contributed by atoms with van der Waals surface area (Å²) in [4.78, 5) is 18.0. The van der Waals surface area contributed by atoms with Gasteiger partial charge in [0.2, 0.25) is 5.91 Å². The number of methoxy groups -OCH3 is 1. The lowest BCUT2D eigenvalue weighted by atomic mass is 10.4. The molecule has 1 aliphatic rings. The Labute approximate surface area is 132 Å².